The third kappa shape index (κ3) is 3.64. The van der Waals surface area contributed by atoms with E-state index >= 15 is 0 Å². The van der Waals surface area contributed by atoms with E-state index in [9.17, 15) is 0 Å². The minimum absolute atomic E-state index is 0.229. The molecule has 90 valence electrons. The van der Waals surface area contributed by atoms with Crippen LogP contribution >= 0.6 is 15.9 Å². The van der Waals surface area contributed by atoms with E-state index in [1.807, 2.05) is 0 Å². The van der Waals surface area contributed by atoms with Crippen molar-refractivity contribution in [1.29, 1.82) is 0 Å². The van der Waals surface area contributed by atoms with Crippen molar-refractivity contribution in [2.45, 2.75) is 19.8 Å². The van der Waals surface area contributed by atoms with E-state index in [1.165, 1.54) is 0 Å². The summed E-state index contributed by atoms with van der Waals surface area (Å²) in [4.78, 5) is 3.98. The summed E-state index contributed by atoms with van der Waals surface area (Å²) in [5.74, 6) is 0.462. The van der Waals surface area contributed by atoms with Gasteiger partial charge in [0.15, 0.2) is 0 Å². The van der Waals surface area contributed by atoms with Gasteiger partial charge in [0, 0.05) is 19.3 Å². The normalized spacial score (nSPS) is 12.4. The second-order valence-corrected chi connectivity index (χ2v) is 4.61. The Morgan fingerprint density at radius 1 is 1.56 bits per heavy atom. The first-order valence-electron chi connectivity index (χ1n) is 5.42. The Hall–Kier alpha value is -0.810. The number of hydrogen-bond donors (Lipinski definition) is 3. The number of anilines is 2. The van der Waals surface area contributed by atoms with Crippen LogP contribution in [0.1, 0.15) is 19.8 Å². The van der Waals surface area contributed by atoms with E-state index in [2.05, 4.69) is 33.2 Å². The van der Waals surface area contributed by atoms with E-state index in [0.717, 1.165) is 29.5 Å². The molecule has 0 amide bonds. The van der Waals surface area contributed by atoms with Crippen molar-refractivity contribution >= 4 is 27.3 Å². The molecular formula is C11H18BrN3O. The number of aliphatic hydroxyl groups is 1. The molecule has 0 aliphatic rings. The van der Waals surface area contributed by atoms with Crippen LogP contribution < -0.4 is 11.1 Å². The topological polar surface area (TPSA) is 71.2 Å². The van der Waals surface area contributed by atoms with Crippen LogP contribution in [0.25, 0.3) is 0 Å². The Bertz CT molecular complexity index is 313. The molecule has 1 rings (SSSR count). The molecule has 1 aromatic rings. The number of nitrogens with zero attached hydrogens (tertiary/aromatic N) is 1. The number of aromatic nitrogens is 1. The maximum Gasteiger partial charge on any atom is 0.0750 e. The second kappa shape index (κ2) is 6.70. The molecule has 16 heavy (non-hydrogen) atoms. The Kier molecular flexibility index (Phi) is 5.55. The van der Waals surface area contributed by atoms with Gasteiger partial charge in [-0.1, -0.05) is 13.3 Å². The Morgan fingerprint density at radius 3 is 2.88 bits per heavy atom. The lowest BCUT2D eigenvalue weighted by Crippen LogP contribution is -2.16. The van der Waals surface area contributed by atoms with Crippen LogP contribution in [0.15, 0.2) is 16.9 Å². The average molecular weight is 288 g/mol. The molecule has 0 aliphatic heterocycles. The Morgan fingerprint density at radius 2 is 2.31 bits per heavy atom. The molecule has 1 unspecified atom stereocenters. The fourth-order valence-corrected chi connectivity index (χ4v) is 2.00. The summed E-state index contributed by atoms with van der Waals surface area (Å²) < 4.78 is 0.867. The van der Waals surface area contributed by atoms with Gasteiger partial charge in [-0.15, -0.1) is 0 Å². The maximum atomic E-state index is 8.90. The molecule has 1 atom stereocenters. The van der Waals surface area contributed by atoms with Gasteiger partial charge in [-0.25, -0.2) is 0 Å². The molecule has 0 radical (unpaired) electrons. The highest BCUT2D eigenvalue weighted by Gasteiger charge is 2.08. The van der Waals surface area contributed by atoms with E-state index in [-0.39, 0.29) is 6.61 Å². The predicted molar refractivity (Wildman–Crippen MR) is 70.3 cm³/mol. The van der Waals surface area contributed by atoms with E-state index in [4.69, 9.17) is 10.8 Å². The molecule has 0 spiro atoms. The van der Waals surface area contributed by atoms with Crippen molar-refractivity contribution in [3.63, 3.8) is 0 Å². The number of pyridine rings is 1. The number of nitrogen functional groups attached to an aromatic ring is 1. The van der Waals surface area contributed by atoms with Gasteiger partial charge in [0.1, 0.15) is 0 Å². The number of rotatable bonds is 6. The number of halogens is 1. The monoisotopic (exact) mass is 287 g/mol. The van der Waals surface area contributed by atoms with Gasteiger partial charge in [0.05, 0.1) is 22.0 Å². The summed E-state index contributed by atoms with van der Waals surface area (Å²) in [5.41, 5.74) is 7.33. The van der Waals surface area contributed by atoms with Crippen LogP contribution in [0.3, 0.4) is 0 Å². The fraction of sp³-hybridized carbons (Fsp3) is 0.545. The van der Waals surface area contributed by atoms with Gasteiger partial charge in [-0.2, -0.15) is 0 Å². The van der Waals surface area contributed by atoms with Crippen molar-refractivity contribution in [1.82, 2.24) is 4.98 Å². The lowest BCUT2D eigenvalue weighted by molar-refractivity contribution is 0.258. The Balaban J connectivity index is 2.59. The highest BCUT2D eigenvalue weighted by molar-refractivity contribution is 9.10. The zero-order valence-electron chi connectivity index (χ0n) is 9.41. The summed E-state index contributed by atoms with van der Waals surface area (Å²) in [6.45, 7) is 3.16. The summed E-state index contributed by atoms with van der Waals surface area (Å²) in [6, 6.07) is 0. The van der Waals surface area contributed by atoms with Crippen molar-refractivity contribution in [2.24, 2.45) is 5.92 Å². The number of aliphatic hydroxyl groups excluding tert-OH is 1. The third-order valence-corrected chi connectivity index (χ3v) is 3.21. The van der Waals surface area contributed by atoms with Gasteiger partial charge in [-0.3, -0.25) is 4.98 Å². The standard InChI is InChI=1S/C11H18BrN3O/c1-2-8(3-4-16)5-15-11-9(12)6-14-7-10(11)13/h6-8,16H,2-5,13H2,1H3,(H,14,15). The summed E-state index contributed by atoms with van der Waals surface area (Å²) in [6.07, 6.45) is 5.19. The molecule has 1 heterocycles. The van der Waals surface area contributed by atoms with Crippen LogP contribution in [-0.4, -0.2) is 23.2 Å². The minimum Gasteiger partial charge on any atom is -0.396 e. The summed E-state index contributed by atoms with van der Waals surface area (Å²) in [7, 11) is 0. The van der Waals surface area contributed by atoms with Crippen LogP contribution in [0.5, 0.6) is 0 Å². The maximum absolute atomic E-state index is 8.90. The zero-order valence-corrected chi connectivity index (χ0v) is 11.0. The van der Waals surface area contributed by atoms with Gasteiger partial charge < -0.3 is 16.2 Å². The molecule has 4 N–H and O–H groups in total. The molecule has 5 heteroatoms. The number of nitrogens with two attached hydrogens (primary N) is 1. The van der Waals surface area contributed by atoms with Crippen molar-refractivity contribution < 1.29 is 5.11 Å². The van der Waals surface area contributed by atoms with Gasteiger partial charge in [0.2, 0.25) is 0 Å². The average Bonchev–Trinajstić information content (AvgIpc) is 2.27. The third-order valence-electron chi connectivity index (χ3n) is 2.61. The van der Waals surface area contributed by atoms with Crippen molar-refractivity contribution in [3.05, 3.63) is 16.9 Å². The number of nitrogens with one attached hydrogen (secondary N) is 1. The molecule has 0 aliphatic carbocycles. The summed E-state index contributed by atoms with van der Waals surface area (Å²) in [5, 5.41) is 12.2. The van der Waals surface area contributed by atoms with Crippen LogP contribution in [0.2, 0.25) is 0 Å². The fourth-order valence-electron chi connectivity index (χ4n) is 1.52. The van der Waals surface area contributed by atoms with Gasteiger partial charge >= 0.3 is 0 Å². The SMILES string of the molecule is CCC(CCO)CNc1c(N)cncc1Br. The first-order chi connectivity index (χ1) is 7.69. The molecule has 0 saturated carbocycles. The van der Waals surface area contributed by atoms with E-state index < -0.39 is 0 Å². The molecule has 0 fully saturated rings. The molecular weight excluding hydrogens is 270 g/mol. The highest BCUT2D eigenvalue weighted by atomic mass is 79.9. The minimum atomic E-state index is 0.229. The smallest absolute Gasteiger partial charge is 0.0750 e. The van der Waals surface area contributed by atoms with Crippen LogP contribution in [-0.2, 0) is 0 Å². The molecule has 0 saturated heterocycles. The summed E-state index contributed by atoms with van der Waals surface area (Å²) >= 11 is 3.40. The van der Waals surface area contributed by atoms with Crippen molar-refractivity contribution in [3.8, 4) is 0 Å². The highest BCUT2D eigenvalue weighted by Crippen LogP contribution is 2.27. The van der Waals surface area contributed by atoms with E-state index in [0.29, 0.717) is 11.6 Å². The predicted octanol–water partition coefficient (Wildman–Crippen LogP) is 2.25. The van der Waals surface area contributed by atoms with Crippen LogP contribution in [0, 0.1) is 5.92 Å². The molecule has 0 aromatic carbocycles. The largest absolute Gasteiger partial charge is 0.396 e. The van der Waals surface area contributed by atoms with E-state index in [1.54, 1.807) is 12.4 Å². The van der Waals surface area contributed by atoms with Gasteiger partial charge in [-0.05, 0) is 28.3 Å². The quantitative estimate of drug-likeness (QED) is 0.750. The second-order valence-electron chi connectivity index (χ2n) is 3.75. The molecule has 1 aromatic heterocycles. The lowest BCUT2D eigenvalue weighted by Gasteiger charge is -2.17. The van der Waals surface area contributed by atoms with Gasteiger partial charge in [0.25, 0.3) is 0 Å². The molecule has 0 bridgehead atoms. The number of hydrogen-bond acceptors (Lipinski definition) is 4. The lowest BCUT2D eigenvalue weighted by atomic mass is 10.0. The van der Waals surface area contributed by atoms with Crippen LogP contribution in [0.4, 0.5) is 11.4 Å². The first kappa shape index (κ1) is 13.3. The molecule has 4 nitrogen and oxygen atoms in total. The zero-order chi connectivity index (χ0) is 12.0. The first-order valence-corrected chi connectivity index (χ1v) is 6.22. The Labute approximate surface area is 104 Å². The van der Waals surface area contributed by atoms with Crippen molar-refractivity contribution in [2.75, 3.05) is 24.2 Å².